The lowest BCUT2D eigenvalue weighted by molar-refractivity contribution is 0.0717. The molecule has 0 saturated heterocycles. The molecular weight excluding hydrogens is 239 g/mol. The van der Waals surface area contributed by atoms with Gasteiger partial charge in [0.2, 0.25) is 0 Å². The summed E-state index contributed by atoms with van der Waals surface area (Å²) in [5.41, 5.74) is 3.43. The summed E-state index contributed by atoms with van der Waals surface area (Å²) in [5.74, 6) is -0.595. The Hall–Kier alpha value is -1.12. The van der Waals surface area contributed by atoms with Gasteiger partial charge in [0.05, 0.1) is 12.2 Å². The highest BCUT2D eigenvalue weighted by molar-refractivity contribution is 7.34. The van der Waals surface area contributed by atoms with Crippen molar-refractivity contribution in [1.29, 1.82) is 0 Å². The molecular formula is C12H17O4P. The number of carbonyl (C=O) groups is 1. The van der Waals surface area contributed by atoms with Crippen LogP contribution in [-0.4, -0.2) is 12.6 Å². The maximum Gasteiger partial charge on any atom is 0.370 e. The number of rotatable bonds is 4. The van der Waals surface area contributed by atoms with Crippen LogP contribution in [0.4, 0.5) is 0 Å². The molecule has 94 valence electrons. The first kappa shape index (κ1) is 13.9. The Bertz CT molecular complexity index is 454. The third kappa shape index (κ3) is 3.42. The fraction of sp³-hybridized carbons (Fsp3) is 0.417. The van der Waals surface area contributed by atoms with Crippen molar-refractivity contribution in [1.82, 2.24) is 0 Å². The topological polar surface area (TPSA) is 52.6 Å². The fourth-order valence-corrected chi connectivity index (χ4v) is 2.01. The van der Waals surface area contributed by atoms with Crippen molar-refractivity contribution in [3.8, 4) is 0 Å². The molecule has 0 N–H and O–H groups in total. The Balaban J connectivity index is 2.90. The normalized spacial score (nSPS) is 12.2. The summed E-state index contributed by atoms with van der Waals surface area (Å²) in [6.07, 6.45) is 0. The molecule has 1 aromatic carbocycles. The van der Waals surface area contributed by atoms with E-state index in [4.69, 9.17) is 9.05 Å². The second-order valence-electron chi connectivity index (χ2n) is 3.75. The average molecular weight is 256 g/mol. The molecule has 0 fully saturated rings. The zero-order valence-electron chi connectivity index (χ0n) is 10.5. The third-order valence-corrected chi connectivity index (χ3v) is 3.59. The van der Waals surface area contributed by atoms with Crippen LogP contribution >= 0.6 is 8.25 Å². The summed E-state index contributed by atoms with van der Waals surface area (Å²) in [5, 5.41) is 0. The molecule has 0 heterocycles. The maximum atomic E-state index is 11.7. The minimum atomic E-state index is -2.73. The van der Waals surface area contributed by atoms with Gasteiger partial charge in [-0.05, 0) is 50.5 Å². The van der Waals surface area contributed by atoms with Crippen LogP contribution in [0.1, 0.15) is 34.0 Å². The Morgan fingerprint density at radius 2 is 1.88 bits per heavy atom. The van der Waals surface area contributed by atoms with Crippen molar-refractivity contribution in [2.75, 3.05) is 6.61 Å². The van der Waals surface area contributed by atoms with Crippen molar-refractivity contribution in [3.05, 3.63) is 34.4 Å². The molecule has 0 aliphatic carbocycles. The molecule has 5 heteroatoms. The number of aryl methyl sites for hydroxylation is 1. The zero-order chi connectivity index (χ0) is 13.0. The fourth-order valence-electron chi connectivity index (χ4n) is 1.46. The summed E-state index contributed by atoms with van der Waals surface area (Å²) < 4.78 is 20.7. The zero-order valence-corrected chi connectivity index (χ0v) is 11.5. The lowest BCUT2D eigenvalue weighted by Gasteiger charge is -2.10. The van der Waals surface area contributed by atoms with Gasteiger partial charge in [-0.3, -0.25) is 0 Å². The summed E-state index contributed by atoms with van der Waals surface area (Å²) >= 11 is 0. The standard InChI is InChI=1S/C12H17O4P/c1-5-15-17(14)16-12(13)11-7-6-8(2)9(3)10(11)4/h6-7,17H,5H2,1-4H3. The lowest BCUT2D eigenvalue weighted by Crippen LogP contribution is -2.05. The molecule has 1 unspecified atom stereocenters. The Morgan fingerprint density at radius 3 is 2.47 bits per heavy atom. The van der Waals surface area contributed by atoms with Crippen molar-refractivity contribution < 1.29 is 18.4 Å². The first-order valence-electron chi connectivity index (χ1n) is 5.43. The van der Waals surface area contributed by atoms with E-state index < -0.39 is 14.2 Å². The van der Waals surface area contributed by atoms with Gasteiger partial charge in [-0.15, -0.1) is 0 Å². The van der Waals surface area contributed by atoms with Gasteiger partial charge >= 0.3 is 14.2 Å². The van der Waals surface area contributed by atoms with Gasteiger partial charge in [-0.2, -0.15) is 0 Å². The molecule has 0 aromatic heterocycles. The monoisotopic (exact) mass is 256 g/mol. The first-order valence-corrected chi connectivity index (χ1v) is 6.65. The van der Waals surface area contributed by atoms with Crippen LogP contribution in [0, 0.1) is 20.8 Å². The molecule has 1 rings (SSSR count). The number of carbonyl (C=O) groups excluding carboxylic acids is 1. The van der Waals surface area contributed by atoms with Gasteiger partial charge in [0.15, 0.2) is 0 Å². The minimum absolute atomic E-state index is 0.261. The van der Waals surface area contributed by atoms with E-state index in [0.717, 1.165) is 16.7 Å². The minimum Gasteiger partial charge on any atom is -0.390 e. The van der Waals surface area contributed by atoms with Crippen LogP contribution in [0.2, 0.25) is 0 Å². The molecule has 0 bridgehead atoms. The highest BCUT2D eigenvalue weighted by atomic mass is 31.1. The van der Waals surface area contributed by atoms with Gasteiger partial charge in [-0.1, -0.05) is 6.07 Å². The summed E-state index contributed by atoms with van der Waals surface area (Å²) in [6.45, 7) is 7.71. The van der Waals surface area contributed by atoms with Crippen LogP contribution in [0.3, 0.4) is 0 Å². The van der Waals surface area contributed by atoms with Crippen LogP contribution in [0.5, 0.6) is 0 Å². The predicted molar refractivity (Wildman–Crippen MR) is 66.7 cm³/mol. The smallest absolute Gasteiger partial charge is 0.370 e. The molecule has 1 aromatic rings. The van der Waals surface area contributed by atoms with E-state index in [1.165, 1.54) is 0 Å². The van der Waals surface area contributed by atoms with Crippen molar-refractivity contribution in [2.24, 2.45) is 0 Å². The van der Waals surface area contributed by atoms with E-state index >= 15 is 0 Å². The van der Waals surface area contributed by atoms with Gasteiger partial charge in [0.25, 0.3) is 0 Å². The maximum absolute atomic E-state index is 11.7. The van der Waals surface area contributed by atoms with E-state index in [1.807, 2.05) is 26.8 Å². The van der Waals surface area contributed by atoms with Gasteiger partial charge in [0.1, 0.15) is 0 Å². The molecule has 1 atom stereocenters. The number of hydrogen-bond donors (Lipinski definition) is 0. The number of hydrogen-bond acceptors (Lipinski definition) is 4. The molecule has 4 nitrogen and oxygen atoms in total. The Morgan fingerprint density at radius 1 is 1.24 bits per heavy atom. The molecule has 0 radical (unpaired) electrons. The summed E-state index contributed by atoms with van der Waals surface area (Å²) in [6, 6.07) is 3.53. The molecule has 0 aliphatic heterocycles. The van der Waals surface area contributed by atoms with Crippen LogP contribution in [0.25, 0.3) is 0 Å². The van der Waals surface area contributed by atoms with Gasteiger partial charge in [-0.25, -0.2) is 9.36 Å². The van der Waals surface area contributed by atoms with E-state index in [1.54, 1.807) is 13.0 Å². The van der Waals surface area contributed by atoms with Gasteiger partial charge in [0, 0.05) is 0 Å². The SMILES string of the molecule is CCO[PH](=O)OC(=O)c1ccc(C)c(C)c1C. The van der Waals surface area contributed by atoms with Gasteiger partial charge < -0.3 is 9.05 Å². The van der Waals surface area contributed by atoms with Crippen molar-refractivity contribution in [2.45, 2.75) is 27.7 Å². The summed E-state index contributed by atoms with van der Waals surface area (Å²) in [7, 11) is -2.73. The molecule has 0 amide bonds. The van der Waals surface area contributed by atoms with Crippen LogP contribution in [0.15, 0.2) is 12.1 Å². The third-order valence-electron chi connectivity index (χ3n) is 2.72. The van der Waals surface area contributed by atoms with Crippen LogP contribution < -0.4 is 0 Å². The second kappa shape index (κ2) is 5.99. The second-order valence-corrected chi connectivity index (χ2v) is 4.75. The van der Waals surface area contributed by atoms with Crippen LogP contribution in [-0.2, 0) is 13.6 Å². The molecule has 17 heavy (non-hydrogen) atoms. The largest absolute Gasteiger partial charge is 0.390 e. The highest BCUT2D eigenvalue weighted by Crippen LogP contribution is 2.27. The van der Waals surface area contributed by atoms with Crippen molar-refractivity contribution >= 4 is 14.2 Å². The first-order chi connectivity index (χ1) is 7.97. The molecule has 0 spiro atoms. The Labute approximate surface area is 102 Å². The molecule has 0 saturated carbocycles. The van der Waals surface area contributed by atoms with Crippen molar-refractivity contribution in [3.63, 3.8) is 0 Å². The average Bonchev–Trinajstić information content (AvgIpc) is 2.26. The predicted octanol–water partition coefficient (Wildman–Crippen LogP) is 3.19. The molecule has 0 aliphatic rings. The van der Waals surface area contributed by atoms with E-state index in [9.17, 15) is 9.36 Å². The quantitative estimate of drug-likeness (QED) is 0.776. The highest BCUT2D eigenvalue weighted by Gasteiger charge is 2.15. The van der Waals surface area contributed by atoms with E-state index in [-0.39, 0.29) is 6.61 Å². The Kier molecular flexibility index (Phi) is 4.91. The van der Waals surface area contributed by atoms with E-state index in [2.05, 4.69) is 0 Å². The van der Waals surface area contributed by atoms with E-state index in [0.29, 0.717) is 5.56 Å². The summed E-state index contributed by atoms with van der Waals surface area (Å²) in [4.78, 5) is 11.7. The number of benzene rings is 1. The lowest BCUT2D eigenvalue weighted by atomic mass is 9.99.